The summed E-state index contributed by atoms with van der Waals surface area (Å²) in [6.07, 6.45) is 1.02. The highest BCUT2D eigenvalue weighted by atomic mass is 16.5. The second-order valence-corrected chi connectivity index (χ2v) is 5.98. The van der Waals surface area contributed by atoms with Gasteiger partial charge in [0.1, 0.15) is 11.9 Å². The molecule has 2 rings (SSSR count). The molecule has 0 saturated carbocycles. The van der Waals surface area contributed by atoms with Crippen LogP contribution in [-0.4, -0.2) is 72.1 Å². The van der Waals surface area contributed by atoms with E-state index >= 15 is 0 Å². The van der Waals surface area contributed by atoms with Gasteiger partial charge in [-0.2, -0.15) is 0 Å². The maximum atomic E-state index is 9.35. The SMILES string of the molecule is C=CC(=O)O.C=CC(=O)O.CCC(O)(O)c1ccccc1.OCC(O)CO.Oc1ccccc1. The molecule has 0 unspecified atom stereocenters. The molecule has 10 nitrogen and oxygen atoms in total. The maximum absolute atomic E-state index is 9.35. The van der Waals surface area contributed by atoms with Crippen LogP contribution in [0.2, 0.25) is 0 Å². The van der Waals surface area contributed by atoms with Crippen LogP contribution in [0.15, 0.2) is 86.0 Å². The molecule has 0 aliphatic rings. The Labute approximate surface area is 198 Å². The Morgan fingerprint density at radius 1 is 0.853 bits per heavy atom. The highest BCUT2D eigenvalue weighted by Crippen LogP contribution is 2.20. The van der Waals surface area contributed by atoms with Gasteiger partial charge in [-0.15, -0.1) is 0 Å². The molecule has 2 aromatic carbocycles. The third-order valence-corrected chi connectivity index (χ3v) is 3.26. The number of para-hydroxylation sites is 1. The molecule has 34 heavy (non-hydrogen) atoms. The molecule has 2 aromatic rings. The molecule has 0 amide bonds. The number of aromatic hydroxyl groups is 1. The van der Waals surface area contributed by atoms with E-state index in [0.29, 0.717) is 17.7 Å². The summed E-state index contributed by atoms with van der Waals surface area (Å²) in [5.41, 5.74) is 0.544. The zero-order valence-corrected chi connectivity index (χ0v) is 18.9. The Morgan fingerprint density at radius 2 is 1.18 bits per heavy atom. The van der Waals surface area contributed by atoms with Crippen LogP contribution in [0.3, 0.4) is 0 Å². The van der Waals surface area contributed by atoms with E-state index in [0.717, 1.165) is 12.2 Å². The van der Waals surface area contributed by atoms with Crippen molar-refractivity contribution in [3.63, 3.8) is 0 Å². The monoisotopic (exact) mass is 482 g/mol. The minimum Gasteiger partial charge on any atom is -0.508 e. The van der Waals surface area contributed by atoms with Crippen molar-refractivity contribution in [2.45, 2.75) is 25.2 Å². The molecule has 0 fully saturated rings. The van der Waals surface area contributed by atoms with Crippen LogP contribution in [0, 0.1) is 0 Å². The predicted molar refractivity (Wildman–Crippen MR) is 127 cm³/mol. The van der Waals surface area contributed by atoms with Gasteiger partial charge in [0, 0.05) is 24.1 Å². The average Bonchev–Trinajstić information content (AvgIpc) is 2.86. The van der Waals surface area contributed by atoms with Gasteiger partial charge in [-0.05, 0) is 12.1 Å². The van der Waals surface area contributed by atoms with Gasteiger partial charge < -0.3 is 40.9 Å². The van der Waals surface area contributed by atoms with Crippen molar-refractivity contribution >= 4 is 11.9 Å². The van der Waals surface area contributed by atoms with Crippen molar-refractivity contribution in [1.29, 1.82) is 0 Å². The first kappa shape index (κ1) is 35.1. The minimum absolute atomic E-state index is 0.303. The number of aliphatic hydroxyl groups is 5. The van der Waals surface area contributed by atoms with Crippen LogP contribution in [-0.2, 0) is 15.4 Å². The Bertz CT molecular complexity index is 755. The van der Waals surface area contributed by atoms with Crippen LogP contribution < -0.4 is 0 Å². The van der Waals surface area contributed by atoms with Crippen molar-refractivity contribution in [3.8, 4) is 5.75 Å². The van der Waals surface area contributed by atoms with Gasteiger partial charge in [-0.25, -0.2) is 9.59 Å². The van der Waals surface area contributed by atoms with E-state index in [1.165, 1.54) is 0 Å². The fourth-order valence-corrected chi connectivity index (χ4v) is 1.39. The van der Waals surface area contributed by atoms with E-state index in [4.69, 9.17) is 30.6 Å². The standard InChI is InChI=1S/C9H12O2.C6H6O.C3H8O3.2C3H4O2/c1-2-9(10,11)8-6-4-3-5-7-8;7-6-4-2-1-3-5-6;4-1-3(6)2-5;2*1-2-3(4)5/h3-7,10-11H,2H2,1H3;1-5,7H;3-6H,1-2H2;2*2H,1H2,(H,4,5). The van der Waals surface area contributed by atoms with Gasteiger partial charge in [0.2, 0.25) is 0 Å². The zero-order valence-electron chi connectivity index (χ0n) is 18.9. The van der Waals surface area contributed by atoms with Crippen LogP contribution in [0.4, 0.5) is 0 Å². The van der Waals surface area contributed by atoms with Gasteiger partial charge in [0.25, 0.3) is 0 Å². The number of rotatable bonds is 6. The van der Waals surface area contributed by atoms with Crippen molar-refractivity contribution < 1.29 is 50.4 Å². The lowest BCUT2D eigenvalue weighted by molar-refractivity contribution is -0.171. The summed E-state index contributed by atoms with van der Waals surface area (Å²) >= 11 is 0. The smallest absolute Gasteiger partial charge is 0.327 e. The third kappa shape index (κ3) is 24.7. The van der Waals surface area contributed by atoms with E-state index < -0.39 is 23.8 Å². The molecule has 0 aromatic heterocycles. The molecule has 0 heterocycles. The summed E-state index contributed by atoms with van der Waals surface area (Å²) in [6.45, 7) is 6.92. The van der Waals surface area contributed by atoms with E-state index in [1.54, 1.807) is 55.5 Å². The largest absolute Gasteiger partial charge is 0.508 e. The number of aliphatic carboxylic acids is 2. The molecule has 0 bridgehead atoms. The van der Waals surface area contributed by atoms with Crippen molar-refractivity contribution in [2.75, 3.05) is 13.2 Å². The van der Waals surface area contributed by atoms with Crippen LogP contribution in [0.5, 0.6) is 5.75 Å². The van der Waals surface area contributed by atoms with Crippen molar-refractivity contribution in [1.82, 2.24) is 0 Å². The zero-order chi connectivity index (χ0) is 27.0. The fraction of sp³-hybridized carbons (Fsp3) is 0.250. The number of hydrogen-bond donors (Lipinski definition) is 8. The maximum Gasteiger partial charge on any atom is 0.327 e. The number of phenols is 1. The fourth-order valence-electron chi connectivity index (χ4n) is 1.39. The van der Waals surface area contributed by atoms with Gasteiger partial charge in [-0.1, -0.05) is 68.6 Å². The Balaban J connectivity index is -0.000000370. The molecule has 0 saturated heterocycles. The van der Waals surface area contributed by atoms with E-state index in [-0.39, 0.29) is 13.2 Å². The molecular weight excluding hydrogens is 448 g/mol. The number of benzene rings is 2. The highest BCUT2D eigenvalue weighted by Gasteiger charge is 2.21. The number of phenolic OH excluding ortho intramolecular Hbond substituents is 1. The molecule has 10 heteroatoms. The summed E-state index contributed by atoms with van der Waals surface area (Å²) in [7, 11) is 0. The lowest BCUT2D eigenvalue weighted by atomic mass is 10.0. The lowest BCUT2D eigenvalue weighted by Crippen LogP contribution is -2.23. The average molecular weight is 483 g/mol. The minimum atomic E-state index is -1.67. The quantitative estimate of drug-likeness (QED) is 0.220. The molecule has 0 atom stereocenters. The Morgan fingerprint density at radius 3 is 1.35 bits per heavy atom. The van der Waals surface area contributed by atoms with E-state index in [9.17, 15) is 19.8 Å². The first-order valence-corrected chi connectivity index (χ1v) is 9.76. The van der Waals surface area contributed by atoms with Crippen LogP contribution in [0.1, 0.15) is 18.9 Å². The molecule has 0 spiro atoms. The Kier molecular flexibility index (Phi) is 23.4. The number of carboxylic acids is 2. The van der Waals surface area contributed by atoms with Crippen LogP contribution in [0.25, 0.3) is 0 Å². The lowest BCUT2D eigenvalue weighted by Gasteiger charge is -2.19. The summed E-state index contributed by atoms with van der Waals surface area (Å²) in [5, 5.41) is 66.6. The molecule has 8 N–H and O–H groups in total. The number of aliphatic hydroxyl groups excluding tert-OH is 3. The van der Waals surface area contributed by atoms with Crippen molar-refractivity contribution in [2.24, 2.45) is 0 Å². The molecule has 0 aliphatic heterocycles. The first-order valence-electron chi connectivity index (χ1n) is 9.76. The normalized spacial score (nSPS) is 9.15. The van der Waals surface area contributed by atoms with Gasteiger partial charge in [-0.3, -0.25) is 0 Å². The number of carboxylic acid groups (broad SMARTS) is 2. The van der Waals surface area contributed by atoms with Gasteiger partial charge in [0.05, 0.1) is 13.2 Å². The molecular formula is C24H34O10. The summed E-state index contributed by atoms with van der Waals surface area (Å²) in [4.78, 5) is 18.5. The summed E-state index contributed by atoms with van der Waals surface area (Å²) < 4.78 is 0. The first-order chi connectivity index (χ1) is 15.9. The third-order valence-electron chi connectivity index (χ3n) is 3.26. The molecule has 190 valence electrons. The molecule has 0 radical (unpaired) electrons. The molecule has 0 aliphatic carbocycles. The van der Waals surface area contributed by atoms with Crippen LogP contribution >= 0.6 is 0 Å². The summed E-state index contributed by atoms with van der Waals surface area (Å²) in [6, 6.07) is 17.5. The second kappa shape index (κ2) is 22.6. The second-order valence-electron chi connectivity index (χ2n) is 5.98. The highest BCUT2D eigenvalue weighted by molar-refractivity contribution is 5.79. The topological polar surface area (TPSA) is 196 Å². The van der Waals surface area contributed by atoms with Gasteiger partial charge in [0.15, 0.2) is 5.79 Å². The van der Waals surface area contributed by atoms with E-state index in [2.05, 4.69) is 13.2 Å². The van der Waals surface area contributed by atoms with Gasteiger partial charge >= 0.3 is 11.9 Å². The number of carbonyl (C=O) groups is 2. The Hall–Kier alpha value is -3.54. The van der Waals surface area contributed by atoms with E-state index in [1.807, 2.05) is 12.1 Å². The summed E-state index contributed by atoms with van der Waals surface area (Å²) in [5.74, 6) is -3.31. The van der Waals surface area contributed by atoms with Crippen molar-refractivity contribution in [3.05, 3.63) is 91.5 Å². The number of hydrogen-bond acceptors (Lipinski definition) is 8. The predicted octanol–water partition coefficient (Wildman–Crippen LogP) is 1.47.